The van der Waals surface area contributed by atoms with Gasteiger partial charge in [-0.25, -0.2) is 9.18 Å². The minimum absolute atomic E-state index is 0.252. The zero-order valence-electron chi connectivity index (χ0n) is 11.2. The van der Waals surface area contributed by atoms with Gasteiger partial charge in [-0.3, -0.25) is 0 Å². The Hall–Kier alpha value is -2.36. The molecule has 2 aromatic rings. The number of hydrogen-bond donors (Lipinski definition) is 1. The van der Waals surface area contributed by atoms with Gasteiger partial charge in [0.1, 0.15) is 5.82 Å². The molecule has 4 heteroatoms. The Kier molecular flexibility index (Phi) is 4.71. The molecule has 0 fully saturated rings. The molecule has 0 radical (unpaired) electrons. The topological polar surface area (TPSA) is 38.3 Å². The number of benzene rings is 2. The summed E-state index contributed by atoms with van der Waals surface area (Å²) in [7, 11) is 0. The van der Waals surface area contributed by atoms with E-state index in [0.29, 0.717) is 18.7 Å². The van der Waals surface area contributed by atoms with Crippen LogP contribution in [-0.4, -0.2) is 12.6 Å². The molecule has 0 aliphatic rings. The zero-order valence-corrected chi connectivity index (χ0v) is 11.2. The number of rotatable bonds is 5. The summed E-state index contributed by atoms with van der Waals surface area (Å²) in [6, 6.07) is 13.4. The van der Waals surface area contributed by atoms with E-state index in [9.17, 15) is 9.18 Å². The van der Waals surface area contributed by atoms with Gasteiger partial charge < -0.3 is 10.1 Å². The number of esters is 1. The van der Waals surface area contributed by atoms with Gasteiger partial charge in [-0.1, -0.05) is 18.2 Å². The number of carbonyl (C=O) groups is 1. The van der Waals surface area contributed by atoms with E-state index >= 15 is 0 Å². The molecule has 0 spiro atoms. The summed E-state index contributed by atoms with van der Waals surface area (Å²) >= 11 is 0. The normalized spacial score (nSPS) is 10.1. The van der Waals surface area contributed by atoms with Crippen molar-refractivity contribution >= 4 is 11.7 Å². The first-order chi connectivity index (χ1) is 9.69. The number of nitrogens with one attached hydrogen (secondary N) is 1. The highest BCUT2D eigenvalue weighted by Crippen LogP contribution is 2.13. The van der Waals surface area contributed by atoms with Crippen molar-refractivity contribution in [2.75, 3.05) is 11.9 Å². The third-order valence-electron chi connectivity index (χ3n) is 2.78. The SMILES string of the molecule is CCOC(=O)c1cccc(NCc2ccc(F)cc2)c1. The molecule has 3 nitrogen and oxygen atoms in total. The van der Waals surface area contributed by atoms with Crippen molar-refractivity contribution in [1.29, 1.82) is 0 Å². The average Bonchev–Trinajstić information content (AvgIpc) is 2.47. The van der Waals surface area contributed by atoms with Gasteiger partial charge in [0.25, 0.3) is 0 Å². The van der Waals surface area contributed by atoms with Gasteiger partial charge in [0.15, 0.2) is 0 Å². The summed E-state index contributed by atoms with van der Waals surface area (Å²) < 4.78 is 17.7. The fourth-order valence-corrected chi connectivity index (χ4v) is 1.78. The van der Waals surface area contributed by atoms with E-state index in [-0.39, 0.29) is 11.8 Å². The van der Waals surface area contributed by atoms with E-state index in [4.69, 9.17) is 4.74 Å². The summed E-state index contributed by atoms with van der Waals surface area (Å²) in [6.07, 6.45) is 0. The minimum Gasteiger partial charge on any atom is -0.462 e. The second kappa shape index (κ2) is 6.70. The van der Waals surface area contributed by atoms with E-state index in [2.05, 4.69) is 5.32 Å². The standard InChI is InChI=1S/C16H16FNO2/c1-2-20-16(19)13-4-3-5-15(10-13)18-11-12-6-8-14(17)9-7-12/h3-10,18H,2,11H2,1H3. The van der Waals surface area contributed by atoms with Gasteiger partial charge in [-0.05, 0) is 42.8 Å². The quantitative estimate of drug-likeness (QED) is 0.846. The maximum atomic E-state index is 12.8. The molecule has 0 aliphatic carbocycles. The van der Waals surface area contributed by atoms with Crippen molar-refractivity contribution < 1.29 is 13.9 Å². The molecular formula is C16H16FNO2. The highest BCUT2D eigenvalue weighted by molar-refractivity contribution is 5.90. The number of anilines is 1. The van der Waals surface area contributed by atoms with Crippen LogP contribution >= 0.6 is 0 Å². The first-order valence-electron chi connectivity index (χ1n) is 6.44. The smallest absolute Gasteiger partial charge is 0.338 e. The van der Waals surface area contributed by atoms with Crippen molar-refractivity contribution in [1.82, 2.24) is 0 Å². The first-order valence-corrected chi connectivity index (χ1v) is 6.44. The molecule has 104 valence electrons. The van der Waals surface area contributed by atoms with Gasteiger partial charge in [-0.2, -0.15) is 0 Å². The predicted molar refractivity (Wildman–Crippen MR) is 76.1 cm³/mol. The van der Waals surface area contributed by atoms with Gasteiger partial charge in [-0.15, -0.1) is 0 Å². The molecule has 0 amide bonds. The summed E-state index contributed by atoms with van der Waals surface area (Å²) in [5.41, 5.74) is 2.30. The lowest BCUT2D eigenvalue weighted by molar-refractivity contribution is 0.0526. The van der Waals surface area contributed by atoms with Crippen molar-refractivity contribution in [2.45, 2.75) is 13.5 Å². The van der Waals surface area contributed by atoms with Crippen LogP contribution in [-0.2, 0) is 11.3 Å². The fourth-order valence-electron chi connectivity index (χ4n) is 1.78. The molecule has 2 aromatic carbocycles. The van der Waals surface area contributed by atoms with Crippen LogP contribution < -0.4 is 5.32 Å². The van der Waals surface area contributed by atoms with Crippen molar-refractivity contribution in [3.63, 3.8) is 0 Å². The van der Waals surface area contributed by atoms with Crippen LogP contribution in [0.5, 0.6) is 0 Å². The Morgan fingerprint density at radius 2 is 1.95 bits per heavy atom. The number of carbonyl (C=O) groups excluding carboxylic acids is 1. The average molecular weight is 273 g/mol. The Balaban J connectivity index is 2.01. The Morgan fingerprint density at radius 1 is 1.20 bits per heavy atom. The highest BCUT2D eigenvalue weighted by Gasteiger charge is 2.06. The molecule has 1 N–H and O–H groups in total. The Labute approximate surface area is 117 Å². The largest absolute Gasteiger partial charge is 0.462 e. The molecular weight excluding hydrogens is 257 g/mol. The van der Waals surface area contributed by atoms with Crippen molar-refractivity contribution in [3.8, 4) is 0 Å². The van der Waals surface area contributed by atoms with Crippen molar-refractivity contribution in [3.05, 3.63) is 65.5 Å². The van der Waals surface area contributed by atoms with E-state index in [1.54, 1.807) is 37.3 Å². The van der Waals surface area contributed by atoms with E-state index in [1.165, 1.54) is 12.1 Å². The molecule has 0 bridgehead atoms. The maximum absolute atomic E-state index is 12.8. The van der Waals surface area contributed by atoms with E-state index in [0.717, 1.165) is 11.3 Å². The molecule has 0 atom stereocenters. The summed E-state index contributed by atoms with van der Waals surface area (Å²) in [5, 5.41) is 3.19. The third-order valence-corrected chi connectivity index (χ3v) is 2.78. The molecule has 20 heavy (non-hydrogen) atoms. The summed E-state index contributed by atoms with van der Waals surface area (Å²) in [5.74, 6) is -0.587. The number of ether oxygens (including phenoxy) is 1. The molecule has 0 saturated heterocycles. The maximum Gasteiger partial charge on any atom is 0.338 e. The predicted octanol–water partition coefficient (Wildman–Crippen LogP) is 3.61. The van der Waals surface area contributed by atoms with Crippen LogP contribution in [0.1, 0.15) is 22.8 Å². The molecule has 2 rings (SSSR count). The van der Waals surface area contributed by atoms with Gasteiger partial charge >= 0.3 is 5.97 Å². The van der Waals surface area contributed by atoms with Crippen LogP contribution in [0.4, 0.5) is 10.1 Å². The van der Waals surface area contributed by atoms with Gasteiger partial charge in [0.05, 0.1) is 12.2 Å². The molecule has 0 heterocycles. The lowest BCUT2D eigenvalue weighted by Crippen LogP contribution is -2.06. The lowest BCUT2D eigenvalue weighted by atomic mass is 10.2. The third kappa shape index (κ3) is 3.82. The number of halogens is 1. The fraction of sp³-hybridized carbons (Fsp3) is 0.188. The Morgan fingerprint density at radius 3 is 2.65 bits per heavy atom. The summed E-state index contributed by atoms with van der Waals surface area (Å²) in [4.78, 5) is 11.6. The Bertz CT molecular complexity index is 581. The van der Waals surface area contributed by atoms with Gasteiger partial charge in [0.2, 0.25) is 0 Å². The minimum atomic E-state index is -0.335. The highest BCUT2D eigenvalue weighted by atomic mass is 19.1. The van der Waals surface area contributed by atoms with Crippen LogP contribution in [0, 0.1) is 5.82 Å². The second-order valence-corrected chi connectivity index (χ2v) is 4.28. The first kappa shape index (κ1) is 14.1. The van der Waals surface area contributed by atoms with Crippen molar-refractivity contribution in [2.24, 2.45) is 0 Å². The van der Waals surface area contributed by atoms with Gasteiger partial charge in [0, 0.05) is 12.2 Å². The zero-order chi connectivity index (χ0) is 14.4. The van der Waals surface area contributed by atoms with Crippen LogP contribution in [0.2, 0.25) is 0 Å². The van der Waals surface area contributed by atoms with E-state index in [1.807, 2.05) is 6.07 Å². The molecule has 0 aliphatic heterocycles. The van der Waals surface area contributed by atoms with Crippen LogP contribution in [0.25, 0.3) is 0 Å². The second-order valence-electron chi connectivity index (χ2n) is 4.28. The lowest BCUT2D eigenvalue weighted by Gasteiger charge is -2.08. The molecule has 0 unspecified atom stereocenters. The van der Waals surface area contributed by atoms with E-state index < -0.39 is 0 Å². The van der Waals surface area contributed by atoms with Crippen LogP contribution in [0.3, 0.4) is 0 Å². The van der Waals surface area contributed by atoms with Crippen LogP contribution in [0.15, 0.2) is 48.5 Å². The molecule has 0 aromatic heterocycles. The number of hydrogen-bond acceptors (Lipinski definition) is 3. The summed E-state index contributed by atoms with van der Waals surface area (Å²) in [6.45, 7) is 2.69. The molecule has 0 saturated carbocycles. The monoisotopic (exact) mass is 273 g/mol.